The third kappa shape index (κ3) is 3.84. The van der Waals surface area contributed by atoms with Crippen molar-refractivity contribution in [3.63, 3.8) is 0 Å². The van der Waals surface area contributed by atoms with Gasteiger partial charge in [-0.3, -0.25) is 4.79 Å². The normalized spacial score (nSPS) is 22.1. The van der Waals surface area contributed by atoms with Crippen LogP contribution in [0.2, 0.25) is 0 Å². The predicted molar refractivity (Wildman–Crippen MR) is 68.9 cm³/mol. The molecule has 0 radical (unpaired) electrons. The molecular weight excluding hydrogens is 262 g/mol. The quantitative estimate of drug-likeness (QED) is 0.799. The summed E-state index contributed by atoms with van der Waals surface area (Å²) in [4.78, 5) is 26.6. The van der Waals surface area contributed by atoms with Gasteiger partial charge >= 0.3 is 12.0 Å². The number of amides is 2. The molecule has 2 rings (SSSR count). The number of ether oxygens (including phenoxy) is 1. The summed E-state index contributed by atoms with van der Waals surface area (Å²) in [6, 6.07) is 2.21. The molecule has 1 N–H and O–H groups in total. The van der Waals surface area contributed by atoms with Crippen LogP contribution in [-0.2, 0) is 9.53 Å². The van der Waals surface area contributed by atoms with Gasteiger partial charge in [0.05, 0.1) is 31.6 Å². The molecule has 2 aliphatic rings. The smallest absolute Gasteiger partial charge is 0.320 e. The number of rotatable bonds is 5. The largest absolute Gasteiger partial charge is 0.481 e. The van der Waals surface area contributed by atoms with E-state index in [2.05, 4.69) is 6.07 Å². The molecule has 1 heterocycles. The summed E-state index contributed by atoms with van der Waals surface area (Å²) in [5.74, 6) is -0.923. The molecular formula is C13H19N3O4. The van der Waals surface area contributed by atoms with Crippen LogP contribution in [0.15, 0.2) is 0 Å². The molecule has 7 nitrogen and oxygen atoms in total. The van der Waals surface area contributed by atoms with Crippen LogP contribution >= 0.6 is 0 Å². The van der Waals surface area contributed by atoms with Crippen LogP contribution in [0.3, 0.4) is 0 Å². The fourth-order valence-electron chi connectivity index (χ4n) is 2.38. The summed E-state index contributed by atoms with van der Waals surface area (Å²) < 4.78 is 5.36. The van der Waals surface area contributed by atoms with Gasteiger partial charge in [0, 0.05) is 25.7 Å². The van der Waals surface area contributed by atoms with Crippen LogP contribution in [0.25, 0.3) is 0 Å². The van der Waals surface area contributed by atoms with Crippen molar-refractivity contribution in [1.29, 1.82) is 5.26 Å². The first-order valence-corrected chi connectivity index (χ1v) is 6.87. The molecule has 0 aromatic heterocycles. The first-order chi connectivity index (χ1) is 9.61. The highest BCUT2D eigenvalue weighted by atomic mass is 16.5. The number of morpholine rings is 1. The fourth-order valence-corrected chi connectivity index (χ4v) is 2.38. The predicted octanol–water partition coefficient (Wildman–Crippen LogP) is 0.660. The third-order valence-electron chi connectivity index (χ3n) is 3.51. The van der Waals surface area contributed by atoms with Gasteiger partial charge < -0.3 is 19.6 Å². The number of aliphatic carboxylic acids is 1. The second kappa shape index (κ2) is 6.57. The van der Waals surface area contributed by atoms with Crippen LogP contribution in [0, 0.1) is 11.3 Å². The lowest BCUT2D eigenvalue weighted by molar-refractivity contribution is -0.141. The Bertz CT molecular complexity index is 416. The van der Waals surface area contributed by atoms with E-state index < -0.39 is 12.1 Å². The van der Waals surface area contributed by atoms with Crippen molar-refractivity contribution in [2.75, 3.05) is 26.2 Å². The lowest BCUT2D eigenvalue weighted by Gasteiger charge is -2.36. The van der Waals surface area contributed by atoms with Gasteiger partial charge in [0.2, 0.25) is 0 Å². The molecule has 0 spiro atoms. The number of urea groups is 1. The number of hydrogen-bond acceptors (Lipinski definition) is 4. The highest BCUT2D eigenvalue weighted by molar-refractivity contribution is 5.75. The second-order valence-corrected chi connectivity index (χ2v) is 5.15. The number of carboxylic acids is 1. The Morgan fingerprint density at radius 1 is 1.45 bits per heavy atom. The van der Waals surface area contributed by atoms with E-state index >= 15 is 0 Å². The highest BCUT2D eigenvalue weighted by Crippen LogP contribution is 2.28. The molecule has 1 aliphatic carbocycles. The molecule has 0 aromatic rings. The zero-order chi connectivity index (χ0) is 14.5. The molecule has 1 atom stereocenters. The second-order valence-electron chi connectivity index (χ2n) is 5.15. The lowest BCUT2D eigenvalue weighted by Crippen LogP contribution is -2.52. The Kier molecular flexibility index (Phi) is 4.79. The van der Waals surface area contributed by atoms with Crippen LogP contribution in [0.5, 0.6) is 0 Å². The van der Waals surface area contributed by atoms with E-state index in [9.17, 15) is 9.59 Å². The van der Waals surface area contributed by atoms with E-state index in [0.29, 0.717) is 32.7 Å². The van der Waals surface area contributed by atoms with Crippen LogP contribution in [0.4, 0.5) is 4.79 Å². The van der Waals surface area contributed by atoms with E-state index in [1.807, 2.05) is 0 Å². The Balaban J connectivity index is 1.92. The molecule has 20 heavy (non-hydrogen) atoms. The first kappa shape index (κ1) is 14.6. The van der Waals surface area contributed by atoms with Crippen LogP contribution < -0.4 is 0 Å². The molecule has 0 aromatic carbocycles. The lowest BCUT2D eigenvalue weighted by atomic mass is 10.2. The van der Waals surface area contributed by atoms with Gasteiger partial charge in [0.15, 0.2) is 0 Å². The summed E-state index contributed by atoms with van der Waals surface area (Å²) >= 11 is 0. The summed E-state index contributed by atoms with van der Waals surface area (Å²) in [5, 5.41) is 17.4. The minimum atomic E-state index is -0.923. The van der Waals surface area contributed by atoms with Crippen molar-refractivity contribution >= 4 is 12.0 Å². The monoisotopic (exact) mass is 281 g/mol. The van der Waals surface area contributed by atoms with E-state index in [0.717, 1.165) is 12.8 Å². The fraction of sp³-hybridized carbons (Fsp3) is 0.769. The van der Waals surface area contributed by atoms with Crippen molar-refractivity contribution in [3.05, 3.63) is 0 Å². The summed E-state index contributed by atoms with van der Waals surface area (Å²) in [6.45, 7) is 1.59. The number of hydrogen-bond donors (Lipinski definition) is 1. The molecule has 110 valence electrons. The number of nitriles is 1. The molecule has 0 bridgehead atoms. The van der Waals surface area contributed by atoms with Gasteiger partial charge in [-0.05, 0) is 12.8 Å². The topological polar surface area (TPSA) is 93.9 Å². The summed E-state index contributed by atoms with van der Waals surface area (Å²) in [7, 11) is 0. The zero-order valence-electron chi connectivity index (χ0n) is 11.3. The van der Waals surface area contributed by atoms with Crippen molar-refractivity contribution < 1.29 is 19.4 Å². The maximum atomic E-state index is 12.5. The molecule has 1 aliphatic heterocycles. The van der Waals surface area contributed by atoms with Crippen molar-refractivity contribution in [2.45, 2.75) is 37.8 Å². The number of carboxylic acid groups (broad SMARTS) is 1. The van der Waals surface area contributed by atoms with Gasteiger partial charge in [-0.2, -0.15) is 5.26 Å². The zero-order valence-corrected chi connectivity index (χ0v) is 11.3. The Labute approximate surface area is 117 Å². The summed E-state index contributed by atoms with van der Waals surface area (Å²) in [5.41, 5.74) is 0. The van der Waals surface area contributed by atoms with Gasteiger partial charge in [0.1, 0.15) is 0 Å². The molecule has 7 heteroatoms. The maximum absolute atomic E-state index is 12.5. The van der Waals surface area contributed by atoms with E-state index in [1.165, 1.54) is 0 Å². The minimum absolute atomic E-state index is 0.0919. The van der Waals surface area contributed by atoms with Gasteiger partial charge in [0.25, 0.3) is 0 Å². The average Bonchev–Trinajstić information content (AvgIpc) is 3.23. The minimum Gasteiger partial charge on any atom is -0.481 e. The molecule has 1 saturated carbocycles. The number of carbonyl (C=O) groups excluding carboxylic acids is 1. The molecule has 2 amide bonds. The third-order valence-corrected chi connectivity index (χ3v) is 3.51. The average molecular weight is 281 g/mol. The highest BCUT2D eigenvalue weighted by Gasteiger charge is 2.36. The Hall–Kier alpha value is -1.81. The van der Waals surface area contributed by atoms with E-state index in [4.69, 9.17) is 15.1 Å². The van der Waals surface area contributed by atoms with Crippen LogP contribution in [-0.4, -0.2) is 65.3 Å². The Morgan fingerprint density at radius 2 is 2.20 bits per heavy atom. The van der Waals surface area contributed by atoms with Gasteiger partial charge in [-0.1, -0.05) is 0 Å². The number of nitrogens with zero attached hydrogens (tertiary/aromatic N) is 3. The summed E-state index contributed by atoms with van der Waals surface area (Å²) in [6.07, 6.45) is 1.76. The van der Waals surface area contributed by atoms with Gasteiger partial charge in [-0.25, -0.2) is 4.79 Å². The van der Waals surface area contributed by atoms with Gasteiger partial charge in [-0.15, -0.1) is 0 Å². The first-order valence-electron chi connectivity index (χ1n) is 6.87. The van der Waals surface area contributed by atoms with Crippen molar-refractivity contribution in [1.82, 2.24) is 9.80 Å². The Morgan fingerprint density at radius 3 is 2.80 bits per heavy atom. The van der Waals surface area contributed by atoms with E-state index in [1.54, 1.807) is 9.80 Å². The molecule has 1 saturated heterocycles. The van der Waals surface area contributed by atoms with E-state index in [-0.39, 0.29) is 18.5 Å². The molecule has 2 fully saturated rings. The van der Waals surface area contributed by atoms with Crippen LogP contribution in [0.1, 0.15) is 25.7 Å². The molecule has 1 unspecified atom stereocenters. The SMILES string of the molecule is N#CCCN(C(=O)N1CCOC(CC(=O)O)C1)C1CC1. The maximum Gasteiger partial charge on any atom is 0.320 e. The standard InChI is InChI=1S/C13H19N3O4/c14-4-1-5-16(10-2-3-10)13(19)15-6-7-20-11(9-15)8-12(17)18/h10-11H,1-3,5-9H2,(H,17,18). The van der Waals surface area contributed by atoms with Crippen molar-refractivity contribution in [2.24, 2.45) is 0 Å². The number of carbonyl (C=O) groups is 2. The van der Waals surface area contributed by atoms with Crippen molar-refractivity contribution in [3.8, 4) is 6.07 Å².